The standard InChI is InChI=1S/C31H30FIN4O7/c1-4-42-30(39)28-18(2)35-31(40)36-29(28)21-8-12-25(26(14-21)41-3)44-17-27(38)37-34-15-20-7-11-24(23(33)13-20)43-16-19-5-9-22(32)10-6-19/h5-15,29H,4,16-17H2,1-3H3,(H,37,38)(H2,35,36,40)/b34-15-/t29-/m0/s1. The monoisotopic (exact) mass is 716 g/mol. The number of nitrogens with zero attached hydrogens (tertiary/aromatic N) is 1. The predicted molar refractivity (Wildman–Crippen MR) is 168 cm³/mol. The molecule has 11 nitrogen and oxygen atoms in total. The maximum Gasteiger partial charge on any atom is 0.338 e. The molecule has 0 bridgehead atoms. The van der Waals surface area contributed by atoms with Crippen LogP contribution in [0.3, 0.4) is 0 Å². The summed E-state index contributed by atoms with van der Waals surface area (Å²) in [6.45, 7) is 3.45. The van der Waals surface area contributed by atoms with Crippen LogP contribution < -0.4 is 30.3 Å². The molecule has 4 rings (SSSR count). The van der Waals surface area contributed by atoms with E-state index in [1.807, 2.05) is 6.07 Å². The summed E-state index contributed by atoms with van der Waals surface area (Å²) in [5.74, 6) is -0.127. The van der Waals surface area contributed by atoms with Crippen molar-refractivity contribution in [3.63, 3.8) is 0 Å². The molecular weight excluding hydrogens is 686 g/mol. The minimum Gasteiger partial charge on any atom is -0.493 e. The number of urea groups is 1. The first kappa shape index (κ1) is 32.3. The number of hydrogen-bond acceptors (Lipinski definition) is 8. The third-order valence-corrected chi connectivity index (χ3v) is 7.15. The van der Waals surface area contributed by atoms with Crippen molar-refractivity contribution < 1.29 is 37.7 Å². The first-order valence-corrected chi connectivity index (χ1v) is 14.5. The largest absolute Gasteiger partial charge is 0.493 e. The van der Waals surface area contributed by atoms with Gasteiger partial charge in [-0.3, -0.25) is 4.79 Å². The Labute approximate surface area is 266 Å². The van der Waals surface area contributed by atoms with Gasteiger partial charge in [0.2, 0.25) is 0 Å². The van der Waals surface area contributed by atoms with Crippen LogP contribution in [0, 0.1) is 9.39 Å². The highest BCUT2D eigenvalue weighted by molar-refractivity contribution is 14.1. The molecule has 0 fully saturated rings. The zero-order valence-corrected chi connectivity index (χ0v) is 26.3. The molecule has 3 N–H and O–H groups in total. The molecular formula is C31H30FIN4O7. The number of benzene rings is 3. The summed E-state index contributed by atoms with van der Waals surface area (Å²) in [6.07, 6.45) is 1.49. The molecule has 3 aromatic rings. The van der Waals surface area contributed by atoms with Gasteiger partial charge >= 0.3 is 12.0 Å². The number of esters is 1. The molecule has 230 valence electrons. The van der Waals surface area contributed by atoms with Gasteiger partial charge in [-0.25, -0.2) is 19.4 Å². The van der Waals surface area contributed by atoms with Crippen molar-refractivity contribution in [1.29, 1.82) is 0 Å². The molecule has 0 spiro atoms. The fourth-order valence-electron chi connectivity index (χ4n) is 4.22. The fourth-order valence-corrected chi connectivity index (χ4v) is 4.91. The molecule has 0 aliphatic carbocycles. The van der Waals surface area contributed by atoms with E-state index in [-0.39, 0.29) is 30.4 Å². The Bertz CT molecular complexity index is 1590. The van der Waals surface area contributed by atoms with E-state index in [0.717, 1.165) is 14.7 Å². The van der Waals surface area contributed by atoms with E-state index < -0.39 is 23.9 Å². The Morgan fingerprint density at radius 3 is 2.50 bits per heavy atom. The number of halogens is 2. The van der Waals surface area contributed by atoms with Crippen molar-refractivity contribution in [1.82, 2.24) is 16.1 Å². The molecule has 1 aliphatic rings. The molecule has 3 aromatic carbocycles. The lowest BCUT2D eigenvalue weighted by Gasteiger charge is -2.28. The van der Waals surface area contributed by atoms with Gasteiger partial charge in [0.1, 0.15) is 18.2 Å². The zero-order valence-electron chi connectivity index (χ0n) is 24.1. The molecule has 0 unspecified atom stereocenters. The molecule has 1 heterocycles. The highest BCUT2D eigenvalue weighted by Crippen LogP contribution is 2.34. The van der Waals surface area contributed by atoms with Gasteiger partial charge < -0.3 is 29.6 Å². The average Bonchev–Trinajstić information content (AvgIpc) is 3.00. The lowest BCUT2D eigenvalue weighted by molar-refractivity contribution is -0.139. The van der Waals surface area contributed by atoms with Crippen LogP contribution in [-0.2, 0) is 20.9 Å². The summed E-state index contributed by atoms with van der Waals surface area (Å²) in [6, 6.07) is 15.1. The Morgan fingerprint density at radius 1 is 1.05 bits per heavy atom. The van der Waals surface area contributed by atoms with E-state index in [2.05, 4.69) is 43.8 Å². The number of carbonyl (C=O) groups excluding carboxylic acids is 3. The Hall–Kier alpha value is -4.66. The maximum atomic E-state index is 13.1. The lowest BCUT2D eigenvalue weighted by atomic mass is 9.95. The van der Waals surface area contributed by atoms with Crippen molar-refractivity contribution in [2.75, 3.05) is 20.3 Å². The summed E-state index contributed by atoms with van der Waals surface area (Å²) in [4.78, 5) is 37.1. The Morgan fingerprint density at radius 2 is 1.80 bits per heavy atom. The van der Waals surface area contributed by atoms with Gasteiger partial charge in [-0.1, -0.05) is 18.2 Å². The van der Waals surface area contributed by atoms with Gasteiger partial charge in [0.25, 0.3) is 5.91 Å². The second kappa shape index (κ2) is 15.2. The molecule has 3 amide bonds. The van der Waals surface area contributed by atoms with Crippen LogP contribution in [0.5, 0.6) is 17.2 Å². The summed E-state index contributed by atoms with van der Waals surface area (Å²) < 4.78 is 36.0. The summed E-state index contributed by atoms with van der Waals surface area (Å²) in [5.41, 5.74) is 5.20. The van der Waals surface area contributed by atoms with Crippen LogP contribution in [0.25, 0.3) is 0 Å². The quantitative estimate of drug-likeness (QED) is 0.107. The van der Waals surface area contributed by atoms with Crippen LogP contribution in [0.2, 0.25) is 0 Å². The topological polar surface area (TPSA) is 137 Å². The van der Waals surface area contributed by atoms with Crippen molar-refractivity contribution in [2.24, 2.45) is 5.10 Å². The lowest BCUT2D eigenvalue weighted by Crippen LogP contribution is -2.45. The smallest absolute Gasteiger partial charge is 0.338 e. The van der Waals surface area contributed by atoms with Crippen molar-refractivity contribution >= 4 is 46.7 Å². The van der Waals surface area contributed by atoms with Gasteiger partial charge in [0.15, 0.2) is 18.1 Å². The summed E-state index contributed by atoms with van der Waals surface area (Å²) in [7, 11) is 1.44. The minimum atomic E-state index is -0.776. The number of carbonyl (C=O) groups is 3. The van der Waals surface area contributed by atoms with Crippen LogP contribution in [0.4, 0.5) is 9.18 Å². The van der Waals surface area contributed by atoms with Crippen molar-refractivity contribution in [3.8, 4) is 17.2 Å². The third kappa shape index (κ3) is 8.46. The van der Waals surface area contributed by atoms with Crippen LogP contribution in [0.1, 0.15) is 36.6 Å². The van der Waals surface area contributed by atoms with Crippen molar-refractivity contribution in [2.45, 2.75) is 26.5 Å². The zero-order chi connectivity index (χ0) is 31.6. The minimum absolute atomic E-state index is 0.180. The molecule has 13 heteroatoms. The van der Waals surface area contributed by atoms with E-state index in [4.69, 9.17) is 18.9 Å². The molecule has 1 atom stereocenters. The first-order valence-electron chi connectivity index (χ1n) is 13.4. The second-order valence-corrected chi connectivity index (χ2v) is 10.5. The molecule has 1 aliphatic heterocycles. The molecule has 0 saturated carbocycles. The van der Waals surface area contributed by atoms with Gasteiger partial charge in [0, 0.05) is 5.70 Å². The second-order valence-electron chi connectivity index (χ2n) is 9.39. The van der Waals surface area contributed by atoms with Crippen LogP contribution >= 0.6 is 22.6 Å². The number of hydrogen-bond donors (Lipinski definition) is 3. The fraction of sp³-hybridized carbons (Fsp3) is 0.226. The Kier molecular flexibility index (Phi) is 11.1. The number of methoxy groups -OCH3 is 1. The average molecular weight is 717 g/mol. The van der Waals surface area contributed by atoms with Gasteiger partial charge in [-0.15, -0.1) is 0 Å². The van der Waals surface area contributed by atoms with E-state index in [1.165, 1.54) is 25.5 Å². The molecule has 0 aromatic heterocycles. The van der Waals surface area contributed by atoms with E-state index >= 15 is 0 Å². The van der Waals surface area contributed by atoms with E-state index in [9.17, 15) is 18.8 Å². The normalized spacial score (nSPS) is 14.5. The summed E-state index contributed by atoms with van der Waals surface area (Å²) in [5, 5.41) is 9.30. The van der Waals surface area contributed by atoms with Gasteiger partial charge in [-0.05, 0) is 95.6 Å². The number of nitrogens with one attached hydrogen (secondary N) is 3. The number of hydrazone groups is 1. The number of amides is 3. The Balaban J connectivity index is 1.33. The highest BCUT2D eigenvalue weighted by Gasteiger charge is 2.32. The number of ether oxygens (including phenoxy) is 4. The third-order valence-electron chi connectivity index (χ3n) is 6.31. The van der Waals surface area contributed by atoms with Gasteiger partial charge in [-0.2, -0.15) is 5.10 Å². The van der Waals surface area contributed by atoms with Crippen molar-refractivity contribution in [3.05, 3.63) is 98.0 Å². The molecule has 44 heavy (non-hydrogen) atoms. The van der Waals surface area contributed by atoms with E-state index in [1.54, 1.807) is 56.3 Å². The summed E-state index contributed by atoms with van der Waals surface area (Å²) >= 11 is 2.14. The predicted octanol–water partition coefficient (Wildman–Crippen LogP) is 4.74. The van der Waals surface area contributed by atoms with Crippen LogP contribution in [-0.4, -0.2) is 44.4 Å². The van der Waals surface area contributed by atoms with Crippen LogP contribution in [0.15, 0.2) is 77.0 Å². The molecule has 0 radical (unpaired) electrons. The van der Waals surface area contributed by atoms with Gasteiger partial charge in [0.05, 0.1) is 35.1 Å². The first-order chi connectivity index (χ1) is 21.2. The maximum absolute atomic E-state index is 13.1. The van der Waals surface area contributed by atoms with E-state index in [0.29, 0.717) is 29.4 Å². The SMILES string of the molecule is CCOC(=O)C1=C(C)NC(=O)N[C@H]1c1ccc(OCC(=O)N/N=C\c2ccc(OCc3ccc(F)cc3)c(I)c2)c(OC)c1. The number of rotatable bonds is 12. The number of allylic oxidation sites excluding steroid dienone is 1. The highest BCUT2D eigenvalue weighted by atomic mass is 127. The molecule has 0 saturated heterocycles.